The molecule has 10 nitrogen and oxygen atoms in total. The highest BCUT2D eigenvalue weighted by Crippen LogP contribution is 2.48. The Morgan fingerprint density at radius 1 is 0.917 bits per heavy atom. The standard InChI is InChI=1S/C26H20O10/c1-2-34-18-8-11(3-6-15(18)28)13-9-20(31)35-19-10-17(30)22-23(32)24(33)25(36-26(22)21(13)19)12-4-5-14(27)16(29)7-12/h3-8,10,13,27-30,33H,2,9H2,1H3. The summed E-state index contributed by atoms with van der Waals surface area (Å²) >= 11 is 0. The van der Waals surface area contributed by atoms with Gasteiger partial charge in [0.25, 0.3) is 0 Å². The Hall–Kier alpha value is -4.86. The van der Waals surface area contributed by atoms with Crippen molar-refractivity contribution in [3.05, 3.63) is 63.8 Å². The van der Waals surface area contributed by atoms with Gasteiger partial charge >= 0.3 is 5.97 Å². The van der Waals surface area contributed by atoms with E-state index in [1.165, 1.54) is 12.1 Å². The van der Waals surface area contributed by atoms with Gasteiger partial charge in [-0.1, -0.05) is 6.07 Å². The molecule has 0 saturated carbocycles. The van der Waals surface area contributed by atoms with Gasteiger partial charge in [-0.25, -0.2) is 0 Å². The second-order valence-electron chi connectivity index (χ2n) is 8.21. The van der Waals surface area contributed by atoms with Crippen LogP contribution in [-0.2, 0) is 4.79 Å². The molecule has 1 aliphatic heterocycles. The SMILES string of the molecule is CCOc1cc(C2CC(=O)Oc3cc(O)c4c(=O)c(O)c(-c5ccc(O)c(O)c5)oc4c32)ccc1O. The molecule has 0 spiro atoms. The highest BCUT2D eigenvalue weighted by atomic mass is 16.5. The normalized spacial score (nSPS) is 14.9. The first-order valence-corrected chi connectivity index (χ1v) is 10.9. The molecule has 1 aromatic heterocycles. The molecule has 0 aliphatic carbocycles. The van der Waals surface area contributed by atoms with Crippen molar-refractivity contribution in [3.63, 3.8) is 0 Å². The summed E-state index contributed by atoms with van der Waals surface area (Å²) in [5.74, 6) is -3.91. The van der Waals surface area contributed by atoms with E-state index in [0.29, 0.717) is 5.56 Å². The summed E-state index contributed by atoms with van der Waals surface area (Å²) in [6, 6.07) is 9.23. The van der Waals surface area contributed by atoms with Crippen LogP contribution in [0.1, 0.15) is 30.4 Å². The van der Waals surface area contributed by atoms with Crippen molar-refractivity contribution in [3.8, 4) is 51.6 Å². The summed E-state index contributed by atoms with van der Waals surface area (Å²) in [6.45, 7) is 2.04. The fourth-order valence-electron chi connectivity index (χ4n) is 4.35. The minimum absolute atomic E-state index is 0.0411. The minimum atomic E-state index is -0.949. The van der Waals surface area contributed by atoms with Crippen LogP contribution in [0.4, 0.5) is 0 Å². The fourth-order valence-corrected chi connectivity index (χ4v) is 4.35. The highest BCUT2D eigenvalue weighted by molar-refractivity contribution is 5.94. The monoisotopic (exact) mass is 492 g/mol. The largest absolute Gasteiger partial charge is 0.507 e. The summed E-state index contributed by atoms with van der Waals surface area (Å²) in [4.78, 5) is 25.6. The van der Waals surface area contributed by atoms with E-state index >= 15 is 0 Å². The maximum Gasteiger partial charge on any atom is 0.312 e. The number of phenols is 4. The molecule has 0 fully saturated rings. The van der Waals surface area contributed by atoms with E-state index < -0.39 is 40.3 Å². The van der Waals surface area contributed by atoms with E-state index in [1.807, 2.05) is 0 Å². The van der Waals surface area contributed by atoms with Gasteiger partial charge < -0.3 is 39.4 Å². The Kier molecular flexibility index (Phi) is 5.36. The van der Waals surface area contributed by atoms with Crippen LogP contribution in [0, 0.1) is 0 Å². The van der Waals surface area contributed by atoms with Gasteiger partial charge in [-0.2, -0.15) is 0 Å². The third kappa shape index (κ3) is 3.59. The molecule has 1 aliphatic rings. The van der Waals surface area contributed by atoms with E-state index in [0.717, 1.165) is 18.2 Å². The number of aromatic hydroxyl groups is 5. The number of carbonyl (C=O) groups is 1. The molecule has 4 aromatic rings. The maximum atomic E-state index is 13.1. The Morgan fingerprint density at radius 2 is 1.67 bits per heavy atom. The summed E-state index contributed by atoms with van der Waals surface area (Å²) in [7, 11) is 0. The van der Waals surface area contributed by atoms with Crippen LogP contribution >= 0.6 is 0 Å². The molecule has 0 bridgehead atoms. The molecule has 1 unspecified atom stereocenters. The van der Waals surface area contributed by atoms with Crippen molar-refractivity contribution in [2.24, 2.45) is 0 Å². The number of carbonyl (C=O) groups excluding carboxylic acids is 1. The van der Waals surface area contributed by atoms with Crippen molar-refractivity contribution >= 4 is 16.9 Å². The van der Waals surface area contributed by atoms with Gasteiger partial charge in [0.05, 0.1) is 13.0 Å². The van der Waals surface area contributed by atoms with Gasteiger partial charge in [0.15, 0.2) is 28.8 Å². The van der Waals surface area contributed by atoms with Gasteiger partial charge in [0.1, 0.15) is 22.5 Å². The van der Waals surface area contributed by atoms with Gasteiger partial charge in [-0.15, -0.1) is 0 Å². The number of hydrogen-bond acceptors (Lipinski definition) is 10. The summed E-state index contributed by atoms with van der Waals surface area (Å²) in [5, 5.41) is 50.5. The van der Waals surface area contributed by atoms with Crippen LogP contribution in [0.5, 0.6) is 40.2 Å². The lowest BCUT2D eigenvalue weighted by Crippen LogP contribution is -2.22. The molecule has 0 radical (unpaired) electrons. The van der Waals surface area contributed by atoms with Crippen LogP contribution in [0.15, 0.2) is 51.7 Å². The summed E-state index contributed by atoms with van der Waals surface area (Å²) in [6.07, 6.45) is -0.150. The Balaban J connectivity index is 1.82. The zero-order valence-corrected chi connectivity index (χ0v) is 18.8. The smallest absolute Gasteiger partial charge is 0.312 e. The van der Waals surface area contributed by atoms with Crippen molar-refractivity contribution < 1.29 is 44.2 Å². The van der Waals surface area contributed by atoms with Crippen LogP contribution in [-0.4, -0.2) is 38.1 Å². The molecule has 3 aromatic carbocycles. The first-order valence-electron chi connectivity index (χ1n) is 10.9. The molecule has 0 saturated heterocycles. The average molecular weight is 492 g/mol. The molecular weight excluding hydrogens is 472 g/mol. The first-order chi connectivity index (χ1) is 17.2. The maximum absolute atomic E-state index is 13.1. The van der Waals surface area contributed by atoms with E-state index in [1.54, 1.807) is 19.1 Å². The molecule has 10 heteroatoms. The number of esters is 1. The first kappa shape index (κ1) is 22.9. The number of hydrogen-bond donors (Lipinski definition) is 5. The van der Waals surface area contributed by atoms with Crippen molar-refractivity contribution in [2.45, 2.75) is 19.3 Å². The average Bonchev–Trinajstić information content (AvgIpc) is 2.83. The molecule has 184 valence electrons. The second kappa shape index (κ2) is 8.42. The Labute approximate surface area is 202 Å². The third-order valence-corrected chi connectivity index (χ3v) is 5.99. The quantitative estimate of drug-likeness (QED) is 0.160. The lowest BCUT2D eigenvalue weighted by molar-refractivity contribution is -0.135. The van der Waals surface area contributed by atoms with E-state index in [-0.39, 0.29) is 58.1 Å². The zero-order chi connectivity index (χ0) is 25.7. The number of rotatable bonds is 4. The van der Waals surface area contributed by atoms with Crippen LogP contribution < -0.4 is 14.9 Å². The van der Waals surface area contributed by atoms with Gasteiger partial charge in [0, 0.05) is 23.1 Å². The van der Waals surface area contributed by atoms with Gasteiger partial charge in [0.2, 0.25) is 11.2 Å². The van der Waals surface area contributed by atoms with Crippen LogP contribution in [0.3, 0.4) is 0 Å². The van der Waals surface area contributed by atoms with E-state index in [4.69, 9.17) is 13.9 Å². The molecule has 36 heavy (non-hydrogen) atoms. The number of benzene rings is 3. The lowest BCUT2D eigenvalue weighted by Gasteiger charge is -2.26. The Morgan fingerprint density at radius 3 is 2.39 bits per heavy atom. The lowest BCUT2D eigenvalue weighted by atomic mass is 9.85. The molecule has 2 heterocycles. The Bertz CT molecular complexity index is 1600. The molecule has 5 N–H and O–H groups in total. The number of fused-ring (bicyclic) bond motifs is 3. The van der Waals surface area contributed by atoms with Crippen LogP contribution in [0.25, 0.3) is 22.3 Å². The molecular formula is C26H20O10. The van der Waals surface area contributed by atoms with E-state index in [9.17, 15) is 35.1 Å². The van der Waals surface area contributed by atoms with Crippen LogP contribution in [0.2, 0.25) is 0 Å². The minimum Gasteiger partial charge on any atom is -0.507 e. The van der Waals surface area contributed by atoms with Crippen molar-refractivity contribution in [1.82, 2.24) is 0 Å². The summed E-state index contributed by atoms with van der Waals surface area (Å²) in [5.41, 5.74) is -0.210. The van der Waals surface area contributed by atoms with Crippen molar-refractivity contribution in [1.29, 1.82) is 0 Å². The number of phenolic OH excluding ortho intramolecular Hbond substituents is 4. The molecule has 1 atom stereocenters. The topological polar surface area (TPSA) is 167 Å². The zero-order valence-electron chi connectivity index (χ0n) is 18.8. The van der Waals surface area contributed by atoms with Crippen molar-refractivity contribution in [2.75, 3.05) is 6.61 Å². The third-order valence-electron chi connectivity index (χ3n) is 5.99. The van der Waals surface area contributed by atoms with Gasteiger partial charge in [-0.05, 0) is 42.8 Å². The molecule has 5 rings (SSSR count). The highest BCUT2D eigenvalue weighted by Gasteiger charge is 2.35. The van der Waals surface area contributed by atoms with Gasteiger partial charge in [-0.3, -0.25) is 9.59 Å². The number of ether oxygens (including phenoxy) is 2. The summed E-state index contributed by atoms with van der Waals surface area (Å²) < 4.78 is 16.8. The predicted molar refractivity (Wildman–Crippen MR) is 126 cm³/mol. The fraction of sp³-hybridized carbons (Fsp3) is 0.154. The predicted octanol–water partition coefficient (Wildman–Crippen LogP) is 3.83. The molecule has 0 amide bonds. The second-order valence-corrected chi connectivity index (χ2v) is 8.21. The van der Waals surface area contributed by atoms with E-state index in [2.05, 4.69) is 0 Å².